The Hall–Kier alpha value is -1.42. The lowest BCUT2D eigenvalue weighted by molar-refractivity contribution is -0.120. The average Bonchev–Trinajstić information content (AvgIpc) is 2.94. The van der Waals surface area contributed by atoms with Crippen LogP contribution in [0.15, 0.2) is 24.3 Å². The summed E-state index contributed by atoms with van der Waals surface area (Å²) in [6.45, 7) is 1.34. The van der Waals surface area contributed by atoms with Crippen LogP contribution in [0.5, 0.6) is 0 Å². The average molecular weight is 279 g/mol. The smallest absolute Gasteiger partial charge is 0.224 e. The molecule has 0 aliphatic heterocycles. The molecule has 20 heavy (non-hydrogen) atoms. The van der Waals surface area contributed by atoms with Gasteiger partial charge in [0.25, 0.3) is 0 Å². The number of hydrogen-bond donors (Lipinski definition) is 1. The van der Waals surface area contributed by atoms with E-state index < -0.39 is 0 Å². The molecule has 1 aliphatic carbocycles. The van der Waals surface area contributed by atoms with Crippen LogP contribution in [-0.4, -0.2) is 25.2 Å². The number of halogens is 1. The number of hydrogen-bond acceptors (Lipinski definition) is 2. The van der Waals surface area contributed by atoms with Gasteiger partial charge in [0.05, 0.1) is 12.5 Å². The highest BCUT2D eigenvalue weighted by Gasteiger charge is 2.14. The Morgan fingerprint density at radius 1 is 1.25 bits per heavy atom. The largest absolute Gasteiger partial charge is 0.378 e. The summed E-state index contributed by atoms with van der Waals surface area (Å²) in [5, 5.41) is 2.86. The maximum absolute atomic E-state index is 12.7. The second kappa shape index (κ2) is 8.00. The van der Waals surface area contributed by atoms with Crippen molar-refractivity contribution < 1.29 is 13.9 Å². The summed E-state index contributed by atoms with van der Waals surface area (Å²) >= 11 is 0. The monoisotopic (exact) mass is 279 g/mol. The van der Waals surface area contributed by atoms with Crippen LogP contribution < -0.4 is 5.32 Å². The van der Waals surface area contributed by atoms with Crippen LogP contribution >= 0.6 is 0 Å². The molecule has 1 N–H and O–H groups in total. The van der Waals surface area contributed by atoms with Crippen molar-refractivity contribution in [2.45, 2.75) is 44.6 Å². The molecule has 1 aromatic rings. The summed E-state index contributed by atoms with van der Waals surface area (Å²) in [7, 11) is 0. The molecule has 1 aromatic carbocycles. The zero-order chi connectivity index (χ0) is 14.2. The fraction of sp³-hybridized carbons (Fsp3) is 0.562. The highest BCUT2D eigenvalue weighted by molar-refractivity contribution is 5.78. The molecule has 110 valence electrons. The van der Waals surface area contributed by atoms with Gasteiger partial charge in [0, 0.05) is 13.2 Å². The SMILES string of the molecule is O=C(Cc1ccc(F)cc1)NCCCOC1CCCC1. The standard InChI is InChI=1S/C16H22FNO2/c17-14-8-6-13(7-9-14)12-16(19)18-10-3-11-20-15-4-1-2-5-15/h6-9,15H,1-5,10-12H2,(H,18,19). The Bertz CT molecular complexity index is 413. The molecule has 1 fully saturated rings. The zero-order valence-corrected chi connectivity index (χ0v) is 11.7. The maximum atomic E-state index is 12.7. The van der Waals surface area contributed by atoms with Gasteiger partial charge in [-0.3, -0.25) is 4.79 Å². The van der Waals surface area contributed by atoms with Crippen molar-refractivity contribution in [1.29, 1.82) is 0 Å². The first kappa shape index (κ1) is 15.0. The van der Waals surface area contributed by atoms with Crippen molar-refractivity contribution in [3.05, 3.63) is 35.6 Å². The molecule has 0 saturated heterocycles. The number of carbonyl (C=O) groups is 1. The molecule has 0 aromatic heterocycles. The fourth-order valence-corrected chi connectivity index (χ4v) is 2.46. The summed E-state index contributed by atoms with van der Waals surface area (Å²) in [4.78, 5) is 11.7. The third-order valence-electron chi connectivity index (χ3n) is 3.58. The Balaban J connectivity index is 1.54. The van der Waals surface area contributed by atoms with Gasteiger partial charge in [0.2, 0.25) is 5.91 Å². The van der Waals surface area contributed by atoms with E-state index in [1.165, 1.54) is 37.8 Å². The van der Waals surface area contributed by atoms with Crippen molar-refractivity contribution in [3.63, 3.8) is 0 Å². The number of ether oxygens (including phenoxy) is 1. The first-order chi connectivity index (χ1) is 9.74. The van der Waals surface area contributed by atoms with E-state index in [9.17, 15) is 9.18 Å². The van der Waals surface area contributed by atoms with Crippen LogP contribution in [0, 0.1) is 5.82 Å². The molecule has 0 atom stereocenters. The third kappa shape index (κ3) is 5.29. The highest BCUT2D eigenvalue weighted by atomic mass is 19.1. The molecule has 0 bridgehead atoms. The molecule has 3 nitrogen and oxygen atoms in total. The van der Waals surface area contributed by atoms with Gasteiger partial charge in [-0.05, 0) is 37.0 Å². The summed E-state index contributed by atoms with van der Waals surface area (Å²) in [6, 6.07) is 6.02. The lowest BCUT2D eigenvalue weighted by Crippen LogP contribution is -2.27. The lowest BCUT2D eigenvalue weighted by Gasteiger charge is -2.11. The van der Waals surface area contributed by atoms with Crippen LogP contribution in [0.2, 0.25) is 0 Å². The summed E-state index contributed by atoms with van der Waals surface area (Å²) in [5.74, 6) is -0.310. The van der Waals surface area contributed by atoms with Gasteiger partial charge in [0.15, 0.2) is 0 Å². The van der Waals surface area contributed by atoms with E-state index in [0.29, 0.717) is 25.7 Å². The highest BCUT2D eigenvalue weighted by Crippen LogP contribution is 2.20. The predicted molar refractivity (Wildman–Crippen MR) is 75.9 cm³/mol. The van der Waals surface area contributed by atoms with Crippen LogP contribution in [-0.2, 0) is 16.0 Å². The number of nitrogens with one attached hydrogen (secondary N) is 1. The van der Waals surface area contributed by atoms with E-state index >= 15 is 0 Å². The van der Waals surface area contributed by atoms with Crippen LogP contribution in [0.4, 0.5) is 4.39 Å². The molecular weight excluding hydrogens is 257 g/mol. The topological polar surface area (TPSA) is 38.3 Å². The first-order valence-electron chi connectivity index (χ1n) is 7.37. The minimum Gasteiger partial charge on any atom is -0.378 e. The quantitative estimate of drug-likeness (QED) is 0.779. The van der Waals surface area contributed by atoms with Gasteiger partial charge in [-0.15, -0.1) is 0 Å². The van der Waals surface area contributed by atoms with Crippen LogP contribution in [0.25, 0.3) is 0 Å². The van der Waals surface area contributed by atoms with E-state index in [1.54, 1.807) is 12.1 Å². The Kier molecular flexibility index (Phi) is 5.99. The molecular formula is C16H22FNO2. The van der Waals surface area contributed by atoms with Gasteiger partial charge >= 0.3 is 0 Å². The molecule has 0 unspecified atom stereocenters. The van der Waals surface area contributed by atoms with E-state index in [-0.39, 0.29) is 11.7 Å². The number of amides is 1. The molecule has 0 heterocycles. The minimum atomic E-state index is -0.279. The van der Waals surface area contributed by atoms with Crippen molar-refractivity contribution in [3.8, 4) is 0 Å². The number of carbonyl (C=O) groups excluding carboxylic acids is 1. The van der Waals surface area contributed by atoms with Crippen molar-refractivity contribution in [1.82, 2.24) is 5.32 Å². The zero-order valence-electron chi connectivity index (χ0n) is 11.7. The fourth-order valence-electron chi connectivity index (χ4n) is 2.46. The van der Waals surface area contributed by atoms with E-state index in [1.807, 2.05) is 0 Å². The maximum Gasteiger partial charge on any atom is 0.224 e. The number of rotatable bonds is 7. The van der Waals surface area contributed by atoms with Crippen molar-refractivity contribution >= 4 is 5.91 Å². The third-order valence-corrected chi connectivity index (χ3v) is 3.58. The normalized spacial score (nSPS) is 15.4. The van der Waals surface area contributed by atoms with Crippen LogP contribution in [0.1, 0.15) is 37.7 Å². The van der Waals surface area contributed by atoms with E-state index in [4.69, 9.17) is 4.74 Å². The molecule has 0 radical (unpaired) electrons. The van der Waals surface area contributed by atoms with E-state index in [0.717, 1.165) is 12.0 Å². The lowest BCUT2D eigenvalue weighted by atomic mass is 10.1. The summed E-state index contributed by atoms with van der Waals surface area (Å²) in [6.07, 6.45) is 6.48. The van der Waals surface area contributed by atoms with Gasteiger partial charge in [-0.2, -0.15) is 0 Å². The Labute approximate surface area is 119 Å². The predicted octanol–water partition coefficient (Wildman–Crippen LogP) is 2.83. The summed E-state index contributed by atoms with van der Waals surface area (Å²) < 4.78 is 18.4. The van der Waals surface area contributed by atoms with Gasteiger partial charge in [-0.25, -0.2) is 4.39 Å². The van der Waals surface area contributed by atoms with E-state index in [2.05, 4.69) is 5.32 Å². The second-order valence-electron chi connectivity index (χ2n) is 5.28. The minimum absolute atomic E-state index is 0.0301. The van der Waals surface area contributed by atoms with Crippen LogP contribution in [0.3, 0.4) is 0 Å². The van der Waals surface area contributed by atoms with Gasteiger partial charge < -0.3 is 10.1 Å². The van der Waals surface area contributed by atoms with Crippen molar-refractivity contribution in [2.24, 2.45) is 0 Å². The van der Waals surface area contributed by atoms with Gasteiger partial charge in [-0.1, -0.05) is 25.0 Å². The van der Waals surface area contributed by atoms with Crippen molar-refractivity contribution in [2.75, 3.05) is 13.2 Å². The molecule has 0 spiro atoms. The van der Waals surface area contributed by atoms with Gasteiger partial charge in [0.1, 0.15) is 5.82 Å². The summed E-state index contributed by atoms with van der Waals surface area (Å²) in [5.41, 5.74) is 0.825. The molecule has 1 saturated carbocycles. The molecule has 2 rings (SSSR count). The Morgan fingerprint density at radius 2 is 1.95 bits per heavy atom. The second-order valence-corrected chi connectivity index (χ2v) is 5.28. The molecule has 1 amide bonds. The Morgan fingerprint density at radius 3 is 2.65 bits per heavy atom. The molecule has 4 heteroatoms. The number of benzene rings is 1. The first-order valence-corrected chi connectivity index (χ1v) is 7.37. The molecule has 1 aliphatic rings.